The second-order valence-corrected chi connectivity index (χ2v) is 10.4. The first-order valence-corrected chi connectivity index (χ1v) is 11.0. The first-order valence-electron chi connectivity index (χ1n) is 11.0. The van der Waals surface area contributed by atoms with Crippen molar-refractivity contribution in [3.8, 4) is 11.5 Å². The highest BCUT2D eigenvalue weighted by atomic mass is 16.4. The molecule has 0 unspecified atom stereocenters. The predicted octanol–water partition coefficient (Wildman–Crippen LogP) is 4.91. The number of nitrogens with one attached hydrogen (secondary N) is 1. The summed E-state index contributed by atoms with van der Waals surface area (Å²) in [4.78, 5) is 2.53. The second-order valence-electron chi connectivity index (χ2n) is 10.4. The van der Waals surface area contributed by atoms with Crippen molar-refractivity contribution in [3.05, 3.63) is 35.2 Å². The molecular weight excluding hydrogens is 360 g/mol. The molecule has 0 spiro atoms. The molecule has 1 saturated heterocycles. The Morgan fingerprint density at radius 2 is 1.52 bits per heavy atom. The summed E-state index contributed by atoms with van der Waals surface area (Å²) >= 11 is 0. The number of nitrogens with zero attached hydrogens (tertiary/aromatic N) is 3. The van der Waals surface area contributed by atoms with Crippen molar-refractivity contribution in [2.75, 3.05) is 26.2 Å². The molecule has 3 rings (SSSR count). The van der Waals surface area contributed by atoms with Crippen molar-refractivity contribution in [2.24, 2.45) is 0 Å². The summed E-state index contributed by atoms with van der Waals surface area (Å²) in [6, 6.07) is 6.69. The molecule has 0 radical (unpaired) electrons. The highest BCUT2D eigenvalue weighted by Crippen LogP contribution is 2.33. The molecule has 2 heterocycles. The average Bonchev–Trinajstić information content (AvgIpc) is 3.13. The molecule has 0 amide bonds. The maximum Gasteiger partial charge on any atom is 0.247 e. The zero-order valence-electron chi connectivity index (χ0n) is 19.1. The largest absolute Gasteiger partial charge is 0.419 e. The van der Waals surface area contributed by atoms with Gasteiger partial charge < -0.3 is 14.6 Å². The van der Waals surface area contributed by atoms with Gasteiger partial charge in [-0.25, -0.2) is 0 Å². The Morgan fingerprint density at radius 3 is 2.10 bits per heavy atom. The molecule has 5 heteroatoms. The monoisotopic (exact) mass is 398 g/mol. The highest BCUT2D eigenvalue weighted by Gasteiger charge is 2.22. The molecule has 1 aromatic carbocycles. The SMILES string of the molecule is CC(C)(C)c1cc(-c2nnc(CNCCN3CCCCC3)o2)cc(C(C)(C)C)c1. The Labute approximate surface area is 176 Å². The number of likely N-dealkylation sites (tertiary alicyclic amines) is 1. The fourth-order valence-corrected chi connectivity index (χ4v) is 3.67. The molecule has 1 N–H and O–H groups in total. The standard InChI is InChI=1S/C24H38N4O/c1-23(2,3)19-14-18(15-20(16-19)24(4,5)6)22-27-26-21(29-22)17-25-10-13-28-11-8-7-9-12-28/h14-16,25H,7-13,17H2,1-6H3. The summed E-state index contributed by atoms with van der Waals surface area (Å²) in [6.07, 6.45) is 4.04. The van der Waals surface area contributed by atoms with Crippen LogP contribution in [0.25, 0.3) is 11.5 Å². The van der Waals surface area contributed by atoms with E-state index in [1.54, 1.807) is 0 Å². The lowest BCUT2D eigenvalue weighted by Crippen LogP contribution is -2.35. The number of hydrogen-bond acceptors (Lipinski definition) is 5. The van der Waals surface area contributed by atoms with Crippen LogP contribution in [-0.2, 0) is 17.4 Å². The molecule has 1 aliphatic rings. The first kappa shape index (κ1) is 22.0. The predicted molar refractivity (Wildman–Crippen MR) is 119 cm³/mol. The van der Waals surface area contributed by atoms with E-state index < -0.39 is 0 Å². The van der Waals surface area contributed by atoms with Crippen LogP contribution < -0.4 is 5.32 Å². The van der Waals surface area contributed by atoms with Gasteiger partial charge in [-0.2, -0.15) is 0 Å². The van der Waals surface area contributed by atoms with Gasteiger partial charge in [0.15, 0.2) is 0 Å². The van der Waals surface area contributed by atoms with Gasteiger partial charge in [-0.05, 0) is 60.0 Å². The third-order valence-electron chi connectivity index (χ3n) is 5.71. The van der Waals surface area contributed by atoms with Gasteiger partial charge in [0.25, 0.3) is 0 Å². The third-order valence-corrected chi connectivity index (χ3v) is 5.71. The van der Waals surface area contributed by atoms with Gasteiger partial charge in [0, 0.05) is 18.7 Å². The quantitative estimate of drug-likeness (QED) is 0.701. The van der Waals surface area contributed by atoms with Gasteiger partial charge in [0.05, 0.1) is 6.54 Å². The maximum atomic E-state index is 6.00. The fraction of sp³-hybridized carbons (Fsp3) is 0.667. The normalized spacial score (nSPS) is 16.3. The molecule has 0 saturated carbocycles. The summed E-state index contributed by atoms with van der Waals surface area (Å²) in [5.41, 5.74) is 3.72. The lowest BCUT2D eigenvalue weighted by molar-refractivity contribution is 0.228. The van der Waals surface area contributed by atoms with Crippen molar-refractivity contribution in [1.82, 2.24) is 20.4 Å². The molecule has 29 heavy (non-hydrogen) atoms. The van der Waals surface area contributed by atoms with Crippen molar-refractivity contribution < 1.29 is 4.42 Å². The minimum Gasteiger partial charge on any atom is -0.419 e. The lowest BCUT2D eigenvalue weighted by Gasteiger charge is -2.26. The number of aromatic nitrogens is 2. The third kappa shape index (κ3) is 6.13. The zero-order chi connectivity index (χ0) is 21.1. The van der Waals surface area contributed by atoms with E-state index in [1.807, 2.05) is 0 Å². The van der Waals surface area contributed by atoms with Crippen molar-refractivity contribution in [1.29, 1.82) is 0 Å². The number of hydrogen-bond donors (Lipinski definition) is 1. The van der Waals surface area contributed by atoms with Crippen molar-refractivity contribution in [3.63, 3.8) is 0 Å². The Hall–Kier alpha value is -1.72. The maximum absolute atomic E-state index is 6.00. The van der Waals surface area contributed by atoms with Gasteiger partial charge in [-0.1, -0.05) is 54.0 Å². The number of piperidine rings is 1. The fourth-order valence-electron chi connectivity index (χ4n) is 3.67. The summed E-state index contributed by atoms with van der Waals surface area (Å²) < 4.78 is 6.00. The molecule has 0 bridgehead atoms. The van der Waals surface area contributed by atoms with Crippen LogP contribution in [0.4, 0.5) is 0 Å². The summed E-state index contributed by atoms with van der Waals surface area (Å²) in [7, 11) is 0. The van der Waals surface area contributed by atoms with Gasteiger partial charge in [-0.3, -0.25) is 0 Å². The summed E-state index contributed by atoms with van der Waals surface area (Å²) in [5, 5.41) is 12.0. The highest BCUT2D eigenvalue weighted by molar-refractivity contribution is 5.57. The van der Waals surface area contributed by atoms with E-state index in [0.717, 1.165) is 18.7 Å². The van der Waals surface area contributed by atoms with Gasteiger partial charge in [0.2, 0.25) is 11.8 Å². The van der Waals surface area contributed by atoms with E-state index in [2.05, 4.69) is 80.2 Å². The van der Waals surface area contributed by atoms with Crippen LogP contribution in [0.5, 0.6) is 0 Å². The minimum absolute atomic E-state index is 0.0644. The van der Waals surface area contributed by atoms with Crippen LogP contribution in [0.15, 0.2) is 22.6 Å². The topological polar surface area (TPSA) is 54.2 Å². The van der Waals surface area contributed by atoms with Crippen LogP contribution >= 0.6 is 0 Å². The van der Waals surface area contributed by atoms with Crippen LogP contribution in [0.1, 0.15) is 77.8 Å². The molecule has 1 aliphatic heterocycles. The van der Waals surface area contributed by atoms with Gasteiger partial charge in [0.1, 0.15) is 0 Å². The number of benzene rings is 1. The van der Waals surface area contributed by atoms with E-state index in [-0.39, 0.29) is 10.8 Å². The molecule has 5 nitrogen and oxygen atoms in total. The van der Waals surface area contributed by atoms with E-state index in [1.165, 1.54) is 43.5 Å². The van der Waals surface area contributed by atoms with Gasteiger partial charge in [-0.15, -0.1) is 10.2 Å². The Balaban J connectivity index is 1.67. The molecule has 1 aromatic heterocycles. The smallest absolute Gasteiger partial charge is 0.247 e. The Morgan fingerprint density at radius 1 is 0.897 bits per heavy atom. The van der Waals surface area contributed by atoms with Crippen LogP contribution in [0.2, 0.25) is 0 Å². The van der Waals surface area contributed by atoms with Crippen LogP contribution in [-0.4, -0.2) is 41.3 Å². The minimum atomic E-state index is 0.0644. The van der Waals surface area contributed by atoms with E-state index in [0.29, 0.717) is 18.3 Å². The average molecular weight is 399 g/mol. The first-order chi connectivity index (χ1) is 13.6. The molecule has 2 aromatic rings. The second kappa shape index (κ2) is 8.97. The van der Waals surface area contributed by atoms with Crippen LogP contribution in [0, 0.1) is 0 Å². The number of rotatable bonds is 6. The molecule has 1 fully saturated rings. The summed E-state index contributed by atoms with van der Waals surface area (Å²) in [5.74, 6) is 1.26. The van der Waals surface area contributed by atoms with E-state index in [9.17, 15) is 0 Å². The molecule has 0 aliphatic carbocycles. The van der Waals surface area contributed by atoms with Crippen molar-refractivity contribution in [2.45, 2.75) is 78.2 Å². The van der Waals surface area contributed by atoms with Crippen LogP contribution in [0.3, 0.4) is 0 Å². The Bertz CT molecular complexity index is 760. The van der Waals surface area contributed by atoms with Gasteiger partial charge >= 0.3 is 0 Å². The molecule has 0 atom stereocenters. The summed E-state index contributed by atoms with van der Waals surface area (Å²) in [6.45, 7) is 18.6. The van der Waals surface area contributed by atoms with E-state index >= 15 is 0 Å². The van der Waals surface area contributed by atoms with Crippen molar-refractivity contribution >= 4 is 0 Å². The zero-order valence-corrected chi connectivity index (χ0v) is 19.1. The molecule has 160 valence electrons. The lowest BCUT2D eigenvalue weighted by atomic mass is 9.79. The Kier molecular flexibility index (Phi) is 6.79. The van der Waals surface area contributed by atoms with E-state index in [4.69, 9.17) is 4.42 Å². The molecular formula is C24H38N4O.